The van der Waals surface area contributed by atoms with Crippen LogP contribution >= 0.6 is 0 Å². The number of fused-ring (bicyclic) bond motifs is 1. The molecule has 2 aromatic rings. The van der Waals surface area contributed by atoms with Gasteiger partial charge in [0.25, 0.3) is 11.8 Å². The normalized spacial score (nSPS) is 17.3. The highest BCUT2D eigenvalue weighted by molar-refractivity contribution is 6.21. The molecule has 0 bridgehead atoms. The van der Waals surface area contributed by atoms with Crippen LogP contribution in [0.1, 0.15) is 39.1 Å². The van der Waals surface area contributed by atoms with Crippen molar-refractivity contribution in [1.82, 2.24) is 15.5 Å². The molecule has 4 rings (SSSR count). The molecule has 1 aliphatic carbocycles. The van der Waals surface area contributed by atoms with Crippen LogP contribution in [0, 0.1) is 5.82 Å². The summed E-state index contributed by atoms with van der Waals surface area (Å²) in [5, 5.41) is 6.43. The monoisotopic (exact) mass is 394 g/mol. The van der Waals surface area contributed by atoms with E-state index in [1.807, 2.05) is 6.07 Å². The van der Waals surface area contributed by atoms with E-state index in [-0.39, 0.29) is 29.6 Å². The number of amides is 2. The van der Waals surface area contributed by atoms with Gasteiger partial charge in [-0.2, -0.15) is 0 Å². The first-order valence-corrected chi connectivity index (χ1v) is 9.70. The lowest BCUT2D eigenvalue weighted by molar-refractivity contribution is 0.0657. The van der Waals surface area contributed by atoms with E-state index in [2.05, 4.69) is 15.6 Å². The van der Waals surface area contributed by atoms with Gasteiger partial charge < -0.3 is 10.6 Å². The number of carbonyl (C=O) groups is 2. The fourth-order valence-corrected chi connectivity index (χ4v) is 3.74. The Balaban J connectivity index is 1.30. The minimum atomic E-state index is -0.265. The number of halogens is 1. The number of carbonyl (C=O) groups excluding carboxylic acids is 2. The van der Waals surface area contributed by atoms with Crippen LogP contribution in [0.2, 0.25) is 0 Å². The molecule has 2 aliphatic rings. The van der Waals surface area contributed by atoms with Gasteiger partial charge in [0.15, 0.2) is 5.96 Å². The fourth-order valence-electron chi connectivity index (χ4n) is 3.74. The van der Waals surface area contributed by atoms with Crippen molar-refractivity contribution in [2.45, 2.75) is 18.3 Å². The lowest BCUT2D eigenvalue weighted by Crippen LogP contribution is -2.45. The molecular weight excluding hydrogens is 371 g/mol. The van der Waals surface area contributed by atoms with Gasteiger partial charge in [0.2, 0.25) is 0 Å². The zero-order valence-corrected chi connectivity index (χ0v) is 16.2. The second-order valence-electron chi connectivity index (χ2n) is 7.45. The summed E-state index contributed by atoms with van der Waals surface area (Å²) in [7, 11) is 1.67. The molecule has 0 spiro atoms. The van der Waals surface area contributed by atoms with Crippen molar-refractivity contribution < 1.29 is 14.0 Å². The maximum atomic E-state index is 13.6. The average Bonchev–Trinajstić information content (AvgIpc) is 3.49. The first kappa shape index (κ1) is 19.1. The van der Waals surface area contributed by atoms with Crippen LogP contribution in [0.15, 0.2) is 53.5 Å². The molecule has 1 aliphatic heterocycles. The number of hydrogen-bond acceptors (Lipinski definition) is 3. The molecule has 2 N–H and O–H groups in total. The Morgan fingerprint density at radius 2 is 1.76 bits per heavy atom. The molecule has 150 valence electrons. The highest BCUT2D eigenvalue weighted by Gasteiger charge is 2.44. The number of guanidine groups is 1. The largest absolute Gasteiger partial charge is 0.356 e. The van der Waals surface area contributed by atoms with Crippen molar-refractivity contribution >= 4 is 17.8 Å². The smallest absolute Gasteiger partial charge is 0.261 e. The van der Waals surface area contributed by atoms with Crippen molar-refractivity contribution in [2.75, 3.05) is 26.7 Å². The topological polar surface area (TPSA) is 73.8 Å². The van der Waals surface area contributed by atoms with Crippen molar-refractivity contribution in [2.24, 2.45) is 4.99 Å². The van der Waals surface area contributed by atoms with Crippen LogP contribution < -0.4 is 10.6 Å². The molecule has 6 nitrogen and oxygen atoms in total. The molecule has 1 saturated carbocycles. The maximum Gasteiger partial charge on any atom is 0.261 e. The lowest BCUT2D eigenvalue weighted by atomic mass is 9.96. The SMILES string of the molecule is CN=C(NCCN1C(=O)c2ccccc2C1=O)NCC1(c2cccc(F)c2)CC1. The molecule has 29 heavy (non-hydrogen) atoms. The summed E-state index contributed by atoms with van der Waals surface area (Å²) in [6.07, 6.45) is 1.99. The third kappa shape index (κ3) is 3.72. The van der Waals surface area contributed by atoms with Crippen molar-refractivity contribution in [3.63, 3.8) is 0 Å². The number of nitrogens with zero attached hydrogens (tertiary/aromatic N) is 2. The first-order valence-electron chi connectivity index (χ1n) is 9.70. The van der Waals surface area contributed by atoms with Crippen molar-refractivity contribution in [3.8, 4) is 0 Å². The van der Waals surface area contributed by atoms with Gasteiger partial charge in [0.1, 0.15) is 5.82 Å². The number of imide groups is 1. The van der Waals surface area contributed by atoms with Gasteiger partial charge in [-0.1, -0.05) is 24.3 Å². The van der Waals surface area contributed by atoms with E-state index in [9.17, 15) is 14.0 Å². The van der Waals surface area contributed by atoms with Gasteiger partial charge in [0.05, 0.1) is 11.1 Å². The third-order valence-corrected chi connectivity index (χ3v) is 5.61. The second kappa shape index (κ2) is 7.66. The summed E-state index contributed by atoms with van der Waals surface area (Å²) >= 11 is 0. The van der Waals surface area contributed by atoms with E-state index < -0.39 is 0 Å². The molecule has 2 aromatic carbocycles. The average molecular weight is 394 g/mol. The summed E-state index contributed by atoms with van der Waals surface area (Å²) in [5.74, 6) is -0.168. The van der Waals surface area contributed by atoms with E-state index in [4.69, 9.17) is 0 Å². The lowest BCUT2D eigenvalue weighted by Gasteiger charge is -2.20. The molecule has 0 atom stereocenters. The summed E-state index contributed by atoms with van der Waals surface area (Å²) in [5.41, 5.74) is 1.82. The summed E-state index contributed by atoms with van der Waals surface area (Å²) in [6.45, 7) is 1.28. The Kier molecular flexibility index (Phi) is 5.05. The van der Waals surface area contributed by atoms with Crippen LogP contribution in [0.4, 0.5) is 4.39 Å². The summed E-state index contributed by atoms with van der Waals surface area (Å²) in [4.78, 5) is 30.3. The Labute approximate surface area is 168 Å². The molecule has 2 amide bonds. The predicted molar refractivity (Wildman–Crippen MR) is 108 cm³/mol. The zero-order chi connectivity index (χ0) is 20.4. The highest BCUT2D eigenvalue weighted by atomic mass is 19.1. The van der Waals surface area contributed by atoms with Gasteiger partial charge >= 0.3 is 0 Å². The molecular formula is C22H23FN4O2. The summed E-state index contributed by atoms with van der Waals surface area (Å²) in [6, 6.07) is 13.6. The molecule has 7 heteroatoms. The van der Waals surface area contributed by atoms with Crippen LogP contribution in [-0.2, 0) is 5.41 Å². The standard InChI is InChI=1S/C22H23FN4O2/c1-24-21(26-14-22(9-10-22)15-5-4-6-16(23)13-15)25-11-12-27-19(28)17-7-2-3-8-18(17)20(27)29/h2-8,13H,9-12,14H2,1H3,(H2,24,25,26). The molecule has 1 fully saturated rings. The third-order valence-electron chi connectivity index (χ3n) is 5.61. The Hall–Kier alpha value is -3.22. The molecule has 0 aromatic heterocycles. The number of rotatable bonds is 6. The van der Waals surface area contributed by atoms with Crippen molar-refractivity contribution in [1.29, 1.82) is 0 Å². The van der Waals surface area contributed by atoms with E-state index >= 15 is 0 Å². The van der Waals surface area contributed by atoms with Crippen LogP contribution in [0.25, 0.3) is 0 Å². The van der Waals surface area contributed by atoms with E-state index in [0.717, 1.165) is 18.4 Å². The first-order chi connectivity index (χ1) is 14.0. The Morgan fingerprint density at radius 1 is 1.07 bits per heavy atom. The highest BCUT2D eigenvalue weighted by Crippen LogP contribution is 2.47. The minimum absolute atomic E-state index is 0.0672. The number of hydrogen-bond donors (Lipinski definition) is 2. The molecule has 1 heterocycles. The number of aliphatic imine (C=N–C) groups is 1. The molecule has 0 radical (unpaired) electrons. The predicted octanol–water partition coefficient (Wildman–Crippen LogP) is 2.32. The van der Waals surface area contributed by atoms with Gasteiger partial charge in [-0.3, -0.25) is 19.5 Å². The Morgan fingerprint density at radius 3 is 2.34 bits per heavy atom. The quantitative estimate of drug-likeness (QED) is 0.448. The van der Waals surface area contributed by atoms with Crippen LogP contribution in [0.3, 0.4) is 0 Å². The van der Waals surface area contributed by atoms with Crippen LogP contribution in [0.5, 0.6) is 0 Å². The van der Waals surface area contributed by atoms with Crippen LogP contribution in [-0.4, -0.2) is 49.4 Å². The number of benzene rings is 2. The molecule has 0 unspecified atom stereocenters. The van der Waals surface area contributed by atoms with E-state index in [1.54, 1.807) is 43.4 Å². The van der Waals surface area contributed by atoms with Gasteiger partial charge in [-0.05, 0) is 42.7 Å². The maximum absolute atomic E-state index is 13.6. The van der Waals surface area contributed by atoms with Gasteiger partial charge in [0, 0.05) is 32.1 Å². The Bertz CT molecular complexity index is 949. The fraction of sp³-hybridized carbons (Fsp3) is 0.318. The minimum Gasteiger partial charge on any atom is -0.356 e. The van der Waals surface area contributed by atoms with Gasteiger partial charge in [-0.15, -0.1) is 0 Å². The number of nitrogens with one attached hydrogen (secondary N) is 2. The molecule has 0 saturated heterocycles. The van der Waals surface area contributed by atoms with E-state index in [1.165, 1.54) is 11.0 Å². The van der Waals surface area contributed by atoms with Crippen molar-refractivity contribution in [3.05, 3.63) is 71.0 Å². The zero-order valence-electron chi connectivity index (χ0n) is 16.2. The summed E-state index contributed by atoms with van der Waals surface area (Å²) < 4.78 is 13.6. The second-order valence-corrected chi connectivity index (χ2v) is 7.45. The van der Waals surface area contributed by atoms with Gasteiger partial charge in [-0.25, -0.2) is 4.39 Å². The van der Waals surface area contributed by atoms with E-state index in [0.29, 0.717) is 30.2 Å².